The van der Waals surface area contributed by atoms with E-state index in [9.17, 15) is 9.59 Å². The number of ketones is 1. The fraction of sp³-hybridized carbons (Fsp3) is 0.556. The predicted molar refractivity (Wildman–Crippen MR) is 142 cm³/mol. The van der Waals surface area contributed by atoms with E-state index in [1.54, 1.807) is 23.1 Å². The smallest absolute Gasteiger partial charge is 0.261 e. The predicted octanol–water partition coefficient (Wildman–Crippen LogP) is 6.56. The van der Waals surface area contributed by atoms with E-state index in [0.717, 1.165) is 40.3 Å². The minimum absolute atomic E-state index is 0.0161. The summed E-state index contributed by atoms with van der Waals surface area (Å²) in [4.78, 5) is 27.0. The Hall–Kier alpha value is -1.79. The van der Waals surface area contributed by atoms with Crippen LogP contribution in [0, 0.1) is 19.3 Å². The molecule has 0 fully saturated rings. The average Bonchev–Trinajstić information content (AvgIpc) is 3.15. The highest BCUT2D eigenvalue weighted by Crippen LogP contribution is 2.44. The van der Waals surface area contributed by atoms with Crippen LogP contribution in [0.25, 0.3) is 0 Å². The topological polar surface area (TPSA) is 55.4 Å². The van der Waals surface area contributed by atoms with Crippen molar-refractivity contribution in [3.8, 4) is 5.75 Å². The molecule has 2 rings (SSSR count). The summed E-state index contributed by atoms with van der Waals surface area (Å²) in [6, 6.07) is 8.46. The normalized spacial score (nSPS) is 12.0. The maximum absolute atomic E-state index is 12.7. The number of hydrogen-bond donors (Lipinski definition) is 1. The van der Waals surface area contributed by atoms with Crippen LogP contribution >= 0.6 is 23.1 Å². The van der Waals surface area contributed by atoms with Crippen molar-refractivity contribution in [2.75, 3.05) is 25.2 Å². The molecule has 1 aromatic carbocycles. The van der Waals surface area contributed by atoms with Crippen LogP contribution < -0.4 is 10.1 Å². The molecule has 1 N–H and O–H groups in total. The molecule has 0 saturated carbocycles. The molecular weight excluding hydrogens is 450 g/mol. The molecule has 1 amide bonds. The van der Waals surface area contributed by atoms with E-state index in [-0.39, 0.29) is 23.7 Å². The summed E-state index contributed by atoms with van der Waals surface area (Å²) < 4.78 is 5.87. The lowest BCUT2D eigenvalue weighted by molar-refractivity contribution is -0.128. The van der Waals surface area contributed by atoms with Crippen LogP contribution in [0.2, 0.25) is 0 Å². The summed E-state index contributed by atoms with van der Waals surface area (Å²) in [5, 5.41) is 3.04. The molecule has 0 spiro atoms. The maximum atomic E-state index is 12.7. The molecule has 4 nitrogen and oxygen atoms in total. The molecule has 2 aromatic rings. The second-order valence-electron chi connectivity index (χ2n) is 9.60. The quantitative estimate of drug-likeness (QED) is 0.363. The molecule has 0 aliphatic heterocycles. The molecule has 0 saturated heterocycles. The third-order valence-electron chi connectivity index (χ3n) is 6.32. The lowest BCUT2D eigenvalue weighted by atomic mass is 9.74. The van der Waals surface area contributed by atoms with Crippen molar-refractivity contribution in [3.05, 3.63) is 50.7 Å². The number of carbonyl (C=O) groups is 2. The van der Waals surface area contributed by atoms with E-state index in [1.165, 1.54) is 10.4 Å². The summed E-state index contributed by atoms with van der Waals surface area (Å²) in [5.74, 6) is 1.75. The fourth-order valence-corrected chi connectivity index (χ4v) is 5.66. The summed E-state index contributed by atoms with van der Waals surface area (Å²) >= 11 is 3.33. The number of benzene rings is 1. The zero-order chi connectivity index (χ0) is 24.8. The van der Waals surface area contributed by atoms with Crippen molar-refractivity contribution in [1.29, 1.82) is 0 Å². The van der Waals surface area contributed by atoms with Gasteiger partial charge < -0.3 is 10.1 Å². The zero-order valence-electron chi connectivity index (χ0n) is 21.4. The molecule has 0 atom stereocenters. The molecule has 0 radical (unpaired) electrons. The minimum atomic E-state index is -0.413. The fourth-order valence-electron chi connectivity index (χ4n) is 3.91. The highest BCUT2D eigenvalue weighted by atomic mass is 32.2. The Morgan fingerprint density at radius 2 is 1.73 bits per heavy atom. The number of ether oxygens (including phenoxy) is 1. The van der Waals surface area contributed by atoms with E-state index in [1.807, 2.05) is 46.9 Å². The number of rotatable bonds is 11. The Morgan fingerprint density at radius 1 is 1.06 bits per heavy atom. The number of thioether (sulfide) groups is 1. The molecular formula is C27H39NO3S2. The Morgan fingerprint density at radius 3 is 2.27 bits per heavy atom. The van der Waals surface area contributed by atoms with E-state index >= 15 is 0 Å². The Balaban J connectivity index is 2.34. The first-order valence-electron chi connectivity index (χ1n) is 11.7. The molecule has 182 valence electrons. The van der Waals surface area contributed by atoms with Gasteiger partial charge in [-0.05, 0) is 61.8 Å². The van der Waals surface area contributed by atoms with Gasteiger partial charge in [0, 0.05) is 28.0 Å². The van der Waals surface area contributed by atoms with E-state index < -0.39 is 5.41 Å². The lowest BCUT2D eigenvalue weighted by Crippen LogP contribution is -2.27. The van der Waals surface area contributed by atoms with E-state index in [4.69, 9.17) is 4.74 Å². The maximum Gasteiger partial charge on any atom is 0.261 e. The molecule has 33 heavy (non-hydrogen) atoms. The van der Waals surface area contributed by atoms with Crippen LogP contribution in [0.4, 0.5) is 0 Å². The number of nitrogens with one attached hydrogen (secondary N) is 1. The molecule has 0 unspecified atom stereocenters. The first-order valence-corrected chi connectivity index (χ1v) is 13.9. The van der Waals surface area contributed by atoms with Crippen molar-refractivity contribution in [2.24, 2.45) is 5.41 Å². The molecule has 0 aliphatic carbocycles. The summed E-state index contributed by atoms with van der Waals surface area (Å²) in [6.45, 7) is 14.9. The Labute approximate surface area is 207 Å². The van der Waals surface area contributed by atoms with Gasteiger partial charge in [-0.2, -0.15) is 11.8 Å². The number of carbonyl (C=O) groups excluding carboxylic acids is 2. The lowest BCUT2D eigenvalue weighted by Gasteiger charge is -2.32. The summed E-state index contributed by atoms with van der Waals surface area (Å²) in [5.41, 5.74) is 2.68. The van der Waals surface area contributed by atoms with Crippen molar-refractivity contribution in [1.82, 2.24) is 5.32 Å². The van der Waals surface area contributed by atoms with E-state index in [0.29, 0.717) is 6.54 Å². The molecule has 1 heterocycles. The average molecular weight is 490 g/mol. The van der Waals surface area contributed by atoms with Gasteiger partial charge in [-0.1, -0.05) is 46.8 Å². The Kier molecular flexibility index (Phi) is 9.62. The van der Waals surface area contributed by atoms with Crippen molar-refractivity contribution in [2.45, 2.75) is 66.7 Å². The van der Waals surface area contributed by atoms with Gasteiger partial charge in [0.25, 0.3) is 5.91 Å². The van der Waals surface area contributed by atoms with Crippen LogP contribution in [0.1, 0.15) is 78.7 Å². The van der Waals surface area contributed by atoms with Crippen LogP contribution in [-0.2, 0) is 10.2 Å². The second-order valence-corrected chi connectivity index (χ2v) is 11.6. The number of thiophene rings is 1. The highest BCUT2D eigenvalue weighted by molar-refractivity contribution is 7.98. The zero-order valence-corrected chi connectivity index (χ0v) is 23.0. The Bertz CT molecular complexity index is 968. The van der Waals surface area contributed by atoms with Gasteiger partial charge in [-0.3, -0.25) is 9.59 Å². The molecule has 0 bridgehead atoms. The third kappa shape index (κ3) is 6.42. The van der Waals surface area contributed by atoms with Gasteiger partial charge in [0.15, 0.2) is 5.78 Å². The number of Topliss-reactive ketones (excluding diaryl/α,β-unsaturated/α-hetero) is 1. The van der Waals surface area contributed by atoms with Gasteiger partial charge in [-0.15, -0.1) is 11.3 Å². The number of aryl methyl sites for hydroxylation is 2. The van der Waals surface area contributed by atoms with Gasteiger partial charge >= 0.3 is 0 Å². The summed E-state index contributed by atoms with van der Waals surface area (Å²) in [6.07, 6.45) is 3.90. The first kappa shape index (κ1) is 27.5. The van der Waals surface area contributed by atoms with Crippen molar-refractivity contribution in [3.63, 3.8) is 0 Å². The van der Waals surface area contributed by atoms with Crippen LogP contribution in [0.15, 0.2) is 24.3 Å². The van der Waals surface area contributed by atoms with E-state index in [2.05, 4.69) is 37.4 Å². The van der Waals surface area contributed by atoms with Crippen LogP contribution in [0.3, 0.4) is 0 Å². The van der Waals surface area contributed by atoms with Gasteiger partial charge in [0.1, 0.15) is 12.4 Å². The highest BCUT2D eigenvalue weighted by Gasteiger charge is 2.34. The van der Waals surface area contributed by atoms with Crippen molar-refractivity contribution >= 4 is 34.8 Å². The van der Waals surface area contributed by atoms with Crippen LogP contribution in [0.5, 0.6) is 5.75 Å². The number of hydrogen-bond acceptors (Lipinski definition) is 5. The van der Waals surface area contributed by atoms with Crippen LogP contribution in [-0.4, -0.2) is 36.9 Å². The van der Waals surface area contributed by atoms with Crippen molar-refractivity contribution < 1.29 is 14.3 Å². The molecule has 6 heteroatoms. The summed E-state index contributed by atoms with van der Waals surface area (Å²) in [7, 11) is 0. The SMILES string of the molecule is CCC(CC)(c1ccc(OCC(=O)C(C)(C)C)c(C)c1)c1cc(C)c(C(=O)NCCSC)s1. The largest absolute Gasteiger partial charge is 0.486 e. The monoisotopic (exact) mass is 489 g/mol. The molecule has 1 aromatic heterocycles. The minimum Gasteiger partial charge on any atom is -0.486 e. The number of amides is 1. The third-order valence-corrected chi connectivity index (χ3v) is 8.37. The first-order chi connectivity index (χ1) is 15.5. The second kappa shape index (κ2) is 11.6. The molecule has 0 aliphatic rings. The van der Waals surface area contributed by atoms with Gasteiger partial charge in [0.2, 0.25) is 0 Å². The standard InChI is InChI=1S/C27H39NO3S2/c1-9-27(10-2,23-16-19(4)24(33-23)25(30)28-13-14-32-8)20-11-12-21(18(3)15-20)31-17-22(29)26(5,6)7/h11-12,15-16H,9-10,13-14,17H2,1-8H3,(H,28,30). The van der Waals surface area contributed by atoms with Gasteiger partial charge in [-0.25, -0.2) is 0 Å². The van der Waals surface area contributed by atoms with Gasteiger partial charge in [0.05, 0.1) is 4.88 Å².